The average Bonchev–Trinajstić information content (AvgIpc) is 2.65. The van der Waals surface area contributed by atoms with Crippen LogP contribution in [0.15, 0.2) is 6.33 Å². The van der Waals surface area contributed by atoms with Crippen molar-refractivity contribution in [3.63, 3.8) is 0 Å². The molecule has 1 N–H and O–H groups in total. The fourth-order valence-electron chi connectivity index (χ4n) is 2.23. The van der Waals surface area contributed by atoms with Crippen molar-refractivity contribution in [3.8, 4) is 0 Å². The minimum atomic E-state index is 0.932. The molecular weight excluding hydrogens is 232 g/mol. The second-order valence-electron chi connectivity index (χ2n) is 4.68. The Kier molecular flexibility index (Phi) is 2.93. The van der Waals surface area contributed by atoms with E-state index in [1.165, 1.54) is 37.2 Å². The average molecular weight is 248 g/mol. The third-order valence-corrected chi connectivity index (χ3v) is 4.36. The van der Waals surface area contributed by atoms with E-state index < -0.39 is 0 Å². The van der Waals surface area contributed by atoms with E-state index in [0.29, 0.717) is 0 Å². The largest absolute Gasteiger partial charge is 0.369 e. The lowest BCUT2D eigenvalue weighted by atomic mass is 9.83. The van der Waals surface area contributed by atoms with E-state index in [4.69, 9.17) is 0 Å². The van der Waals surface area contributed by atoms with Crippen LogP contribution in [-0.4, -0.2) is 20.9 Å². The zero-order chi connectivity index (χ0) is 11.7. The van der Waals surface area contributed by atoms with E-state index in [0.717, 1.165) is 34.2 Å². The number of anilines is 1. The minimum Gasteiger partial charge on any atom is -0.369 e. The molecule has 0 saturated heterocycles. The van der Waals surface area contributed by atoms with Crippen molar-refractivity contribution in [1.29, 1.82) is 0 Å². The number of hydrogen-bond acceptors (Lipinski definition) is 5. The molecule has 1 aliphatic rings. The Morgan fingerprint density at radius 2 is 2.29 bits per heavy atom. The number of nitrogens with one attached hydrogen (secondary N) is 1. The van der Waals surface area contributed by atoms with Crippen LogP contribution in [0.25, 0.3) is 10.2 Å². The van der Waals surface area contributed by atoms with Crippen LogP contribution in [0.1, 0.15) is 31.4 Å². The molecule has 1 aliphatic carbocycles. The fourth-order valence-corrected chi connectivity index (χ4v) is 2.98. The van der Waals surface area contributed by atoms with Gasteiger partial charge in [0.15, 0.2) is 0 Å². The highest BCUT2D eigenvalue weighted by atomic mass is 32.1. The molecule has 0 aliphatic heterocycles. The van der Waals surface area contributed by atoms with Crippen molar-refractivity contribution in [3.05, 3.63) is 12.0 Å². The molecule has 0 bridgehead atoms. The molecule has 0 radical (unpaired) electrons. The van der Waals surface area contributed by atoms with Crippen LogP contribution < -0.4 is 5.32 Å². The van der Waals surface area contributed by atoms with Gasteiger partial charge in [-0.1, -0.05) is 19.3 Å². The zero-order valence-corrected chi connectivity index (χ0v) is 10.8. The van der Waals surface area contributed by atoms with E-state index in [-0.39, 0.29) is 0 Å². The quantitative estimate of drug-likeness (QED) is 0.903. The first-order chi connectivity index (χ1) is 8.34. The molecule has 1 saturated carbocycles. The lowest BCUT2D eigenvalue weighted by Gasteiger charge is -2.25. The van der Waals surface area contributed by atoms with Crippen molar-refractivity contribution < 1.29 is 0 Å². The highest BCUT2D eigenvalue weighted by molar-refractivity contribution is 7.13. The van der Waals surface area contributed by atoms with Crippen molar-refractivity contribution in [2.75, 3.05) is 11.9 Å². The smallest absolute Gasteiger partial charge is 0.149 e. The molecule has 3 rings (SSSR count). The third-order valence-electron chi connectivity index (χ3n) is 3.51. The van der Waals surface area contributed by atoms with Crippen molar-refractivity contribution >= 4 is 27.6 Å². The normalized spacial score (nSPS) is 16.1. The standard InChI is InChI=1S/C12H16N4S/c1-8-10-11(13-6-5-9-3-2-4-9)14-7-15-12(10)17-16-8/h7,9H,2-6H2,1H3,(H,13,14,15). The van der Waals surface area contributed by atoms with Crippen molar-refractivity contribution in [2.45, 2.75) is 32.6 Å². The maximum atomic E-state index is 4.33. The molecule has 0 atom stereocenters. The predicted octanol–water partition coefficient (Wildman–Crippen LogP) is 3.00. The van der Waals surface area contributed by atoms with Gasteiger partial charge in [0.2, 0.25) is 0 Å². The van der Waals surface area contributed by atoms with E-state index in [2.05, 4.69) is 19.7 Å². The molecule has 0 unspecified atom stereocenters. The minimum absolute atomic E-state index is 0.932. The Bertz CT molecular complexity index is 518. The van der Waals surface area contributed by atoms with Gasteiger partial charge in [-0.15, -0.1) is 0 Å². The van der Waals surface area contributed by atoms with E-state index in [1.807, 2.05) is 6.92 Å². The molecule has 90 valence electrons. The molecule has 0 aromatic carbocycles. The Morgan fingerprint density at radius 1 is 1.41 bits per heavy atom. The van der Waals surface area contributed by atoms with E-state index in [1.54, 1.807) is 6.33 Å². The van der Waals surface area contributed by atoms with Gasteiger partial charge in [0.25, 0.3) is 0 Å². The molecular formula is C12H16N4S. The SMILES string of the molecule is Cc1nsc2ncnc(NCCC3CCC3)c12. The molecule has 2 heterocycles. The van der Waals surface area contributed by atoms with Gasteiger partial charge in [-0.05, 0) is 30.8 Å². The number of aromatic nitrogens is 3. The number of fused-ring (bicyclic) bond motifs is 1. The number of nitrogens with zero attached hydrogens (tertiary/aromatic N) is 3. The first-order valence-electron chi connectivity index (χ1n) is 6.15. The molecule has 0 spiro atoms. The van der Waals surface area contributed by atoms with Crippen LogP contribution in [0.2, 0.25) is 0 Å². The Labute approximate surface area is 105 Å². The molecule has 17 heavy (non-hydrogen) atoms. The molecule has 2 aromatic heterocycles. The highest BCUT2D eigenvalue weighted by Gasteiger charge is 2.17. The second kappa shape index (κ2) is 4.56. The van der Waals surface area contributed by atoms with Crippen LogP contribution in [0, 0.1) is 12.8 Å². The van der Waals surface area contributed by atoms with Crippen LogP contribution >= 0.6 is 11.5 Å². The summed E-state index contributed by atoms with van der Waals surface area (Å²) in [6.07, 6.45) is 7.09. The predicted molar refractivity (Wildman–Crippen MR) is 70.4 cm³/mol. The van der Waals surface area contributed by atoms with Crippen LogP contribution in [0.4, 0.5) is 5.82 Å². The highest BCUT2D eigenvalue weighted by Crippen LogP contribution is 2.30. The van der Waals surface area contributed by atoms with Crippen molar-refractivity contribution in [1.82, 2.24) is 14.3 Å². The van der Waals surface area contributed by atoms with Gasteiger partial charge in [0.1, 0.15) is 17.0 Å². The van der Waals surface area contributed by atoms with Crippen LogP contribution in [0.3, 0.4) is 0 Å². The van der Waals surface area contributed by atoms with E-state index in [9.17, 15) is 0 Å². The molecule has 4 nitrogen and oxygen atoms in total. The Balaban J connectivity index is 1.72. The van der Waals surface area contributed by atoms with Gasteiger partial charge in [0.05, 0.1) is 11.1 Å². The van der Waals surface area contributed by atoms with Gasteiger partial charge in [0, 0.05) is 6.54 Å². The summed E-state index contributed by atoms with van der Waals surface area (Å²) < 4.78 is 4.33. The van der Waals surface area contributed by atoms with E-state index >= 15 is 0 Å². The summed E-state index contributed by atoms with van der Waals surface area (Å²) in [7, 11) is 0. The molecule has 5 heteroatoms. The summed E-state index contributed by atoms with van der Waals surface area (Å²) in [6.45, 7) is 3.02. The Hall–Kier alpha value is -1.23. The van der Waals surface area contributed by atoms with Gasteiger partial charge in [-0.2, -0.15) is 4.37 Å². The van der Waals surface area contributed by atoms with Gasteiger partial charge in [-0.3, -0.25) is 0 Å². The monoisotopic (exact) mass is 248 g/mol. The van der Waals surface area contributed by atoms with Gasteiger partial charge in [-0.25, -0.2) is 9.97 Å². The maximum Gasteiger partial charge on any atom is 0.149 e. The number of rotatable bonds is 4. The first kappa shape index (κ1) is 10.9. The lowest BCUT2D eigenvalue weighted by Crippen LogP contribution is -2.16. The fraction of sp³-hybridized carbons (Fsp3) is 0.583. The van der Waals surface area contributed by atoms with Crippen LogP contribution in [0.5, 0.6) is 0 Å². The molecule has 2 aromatic rings. The summed E-state index contributed by atoms with van der Waals surface area (Å²) in [5.41, 5.74) is 1.02. The number of aryl methyl sites for hydroxylation is 1. The summed E-state index contributed by atoms with van der Waals surface area (Å²) >= 11 is 1.44. The number of hydrogen-bond donors (Lipinski definition) is 1. The van der Waals surface area contributed by atoms with Gasteiger partial charge >= 0.3 is 0 Å². The summed E-state index contributed by atoms with van der Waals surface area (Å²) in [5.74, 6) is 1.88. The summed E-state index contributed by atoms with van der Waals surface area (Å²) in [6, 6.07) is 0. The molecule has 0 amide bonds. The third kappa shape index (κ3) is 2.11. The van der Waals surface area contributed by atoms with Gasteiger partial charge < -0.3 is 5.32 Å². The maximum absolute atomic E-state index is 4.33. The van der Waals surface area contributed by atoms with Crippen molar-refractivity contribution in [2.24, 2.45) is 5.92 Å². The summed E-state index contributed by atoms with van der Waals surface area (Å²) in [4.78, 5) is 9.54. The Morgan fingerprint density at radius 3 is 3.06 bits per heavy atom. The topological polar surface area (TPSA) is 50.7 Å². The first-order valence-corrected chi connectivity index (χ1v) is 6.93. The lowest BCUT2D eigenvalue weighted by molar-refractivity contribution is 0.303. The second-order valence-corrected chi connectivity index (χ2v) is 5.43. The zero-order valence-electron chi connectivity index (χ0n) is 9.94. The molecule has 1 fully saturated rings. The summed E-state index contributed by atoms with van der Waals surface area (Å²) in [5, 5.41) is 4.52. The van der Waals surface area contributed by atoms with Crippen LogP contribution in [-0.2, 0) is 0 Å².